The maximum atomic E-state index is 12.9. The zero-order valence-electron chi connectivity index (χ0n) is 45.5. The quantitative estimate of drug-likeness (QED) is 0.0262. The van der Waals surface area contributed by atoms with Crippen molar-refractivity contribution in [1.29, 1.82) is 0 Å². The van der Waals surface area contributed by atoms with Gasteiger partial charge in [-0.25, -0.2) is 0 Å². The van der Waals surface area contributed by atoms with Gasteiger partial charge >= 0.3 is 17.9 Å². The smallest absolute Gasteiger partial charge is 0.306 e. The van der Waals surface area contributed by atoms with Crippen molar-refractivity contribution in [2.45, 2.75) is 348 Å². The number of hydrogen-bond acceptors (Lipinski definition) is 6. The molecule has 0 amide bonds. The van der Waals surface area contributed by atoms with E-state index in [0.717, 1.165) is 64.2 Å². The van der Waals surface area contributed by atoms with Crippen LogP contribution in [0.4, 0.5) is 0 Å². The molecule has 0 saturated carbocycles. The summed E-state index contributed by atoms with van der Waals surface area (Å²) in [7, 11) is 0. The molecule has 0 saturated heterocycles. The molecule has 396 valence electrons. The van der Waals surface area contributed by atoms with Crippen molar-refractivity contribution >= 4 is 17.9 Å². The Morgan fingerprint density at radius 2 is 0.493 bits per heavy atom. The lowest BCUT2D eigenvalue weighted by molar-refractivity contribution is -0.167. The summed E-state index contributed by atoms with van der Waals surface area (Å²) >= 11 is 0. The van der Waals surface area contributed by atoms with Crippen LogP contribution in [0, 0.1) is 0 Å². The molecule has 0 aromatic heterocycles. The van der Waals surface area contributed by atoms with Crippen LogP contribution in [0.15, 0.2) is 12.2 Å². The lowest BCUT2D eigenvalue weighted by Gasteiger charge is -2.18. The summed E-state index contributed by atoms with van der Waals surface area (Å²) in [6.07, 6.45) is 64.9. The Labute approximate surface area is 418 Å². The number of esters is 3. The summed E-state index contributed by atoms with van der Waals surface area (Å²) < 4.78 is 16.9. The topological polar surface area (TPSA) is 78.9 Å². The minimum Gasteiger partial charge on any atom is -0.462 e. The van der Waals surface area contributed by atoms with E-state index in [4.69, 9.17) is 14.2 Å². The Morgan fingerprint density at radius 3 is 0.746 bits per heavy atom. The zero-order chi connectivity index (χ0) is 48.6. The highest BCUT2D eigenvalue weighted by atomic mass is 16.6. The Bertz CT molecular complexity index is 1040. The molecule has 0 heterocycles. The van der Waals surface area contributed by atoms with Crippen molar-refractivity contribution in [1.82, 2.24) is 0 Å². The number of carbonyl (C=O) groups is 3. The molecule has 0 aromatic carbocycles. The minimum absolute atomic E-state index is 0.0672. The molecule has 1 unspecified atom stereocenters. The average Bonchev–Trinajstić information content (AvgIpc) is 3.33. The number of allylic oxidation sites excluding steroid dienone is 2. The second kappa shape index (κ2) is 56.7. The second-order valence-electron chi connectivity index (χ2n) is 20.6. The molecule has 0 aliphatic heterocycles. The Balaban J connectivity index is 4.30. The first-order valence-corrected chi connectivity index (χ1v) is 30.2. The molecule has 0 fully saturated rings. The first-order valence-electron chi connectivity index (χ1n) is 30.2. The van der Waals surface area contributed by atoms with Gasteiger partial charge in [0.25, 0.3) is 0 Å². The number of carbonyl (C=O) groups excluding carboxylic acids is 3. The molecule has 6 heteroatoms. The van der Waals surface area contributed by atoms with E-state index in [0.29, 0.717) is 19.3 Å². The monoisotopic (exact) mass is 945 g/mol. The second-order valence-corrected chi connectivity index (χ2v) is 20.6. The molecular weight excluding hydrogens is 829 g/mol. The van der Waals surface area contributed by atoms with Crippen molar-refractivity contribution in [2.24, 2.45) is 0 Å². The van der Waals surface area contributed by atoms with Gasteiger partial charge in [0.1, 0.15) is 13.2 Å². The van der Waals surface area contributed by atoms with E-state index in [1.54, 1.807) is 0 Å². The van der Waals surface area contributed by atoms with Gasteiger partial charge in [-0.2, -0.15) is 0 Å². The third-order valence-corrected chi connectivity index (χ3v) is 13.8. The van der Waals surface area contributed by atoms with Gasteiger partial charge in [0.05, 0.1) is 0 Å². The Hall–Kier alpha value is -1.85. The standard InChI is InChI=1S/C61H116O6/c1-4-7-10-13-16-19-22-25-28-30-31-32-34-36-39-42-45-48-51-54-60(63)66-57-58(56-65-59(62)53-50-47-44-41-38-35-27-24-21-18-15-12-9-6-3)67-61(64)55-52-49-46-43-40-37-33-29-26-23-20-17-14-11-8-5-2/h29,33,58H,4-28,30-32,34-57H2,1-3H3/b33-29-. The fraction of sp³-hybridized carbons (Fsp3) is 0.918. The fourth-order valence-electron chi connectivity index (χ4n) is 9.21. The van der Waals surface area contributed by atoms with E-state index in [-0.39, 0.29) is 31.1 Å². The van der Waals surface area contributed by atoms with Crippen molar-refractivity contribution in [3.05, 3.63) is 12.2 Å². The molecule has 0 radical (unpaired) electrons. The molecule has 0 aromatic rings. The van der Waals surface area contributed by atoms with Crippen LogP contribution >= 0.6 is 0 Å². The maximum absolute atomic E-state index is 12.9. The SMILES string of the molecule is CCCCCCCCC/C=C\CCCCCCCC(=O)OC(COC(=O)CCCCCCCCCCCCCCCC)COC(=O)CCCCCCCCCCCCCCCCCCCCC. The molecule has 0 bridgehead atoms. The fourth-order valence-corrected chi connectivity index (χ4v) is 9.21. The van der Waals surface area contributed by atoms with Crippen molar-refractivity contribution in [2.75, 3.05) is 13.2 Å². The Kier molecular flexibility index (Phi) is 55.2. The van der Waals surface area contributed by atoms with E-state index in [9.17, 15) is 14.4 Å². The normalized spacial score (nSPS) is 12.0. The number of ether oxygens (including phenoxy) is 3. The minimum atomic E-state index is -0.769. The van der Waals surface area contributed by atoms with Crippen LogP contribution in [0.2, 0.25) is 0 Å². The molecule has 0 aliphatic carbocycles. The maximum Gasteiger partial charge on any atom is 0.306 e. The molecule has 0 aliphatic rings. The molecule has 0 spiro atoms. The largest absolute Gasteiger partial charge is 0.462 e. The summed E-state index contributed by atoms with van der Waals surface area (Å²) in [5, 5.41) is 0. The van der Waals surface area contributed by atoms with Gasteiger partial charge in [-0.3, -0.25) is 14.4 Å². The number of unbranched alkanes of at least 4 members (excludes halogenated alkanes) is 43. The molecule has 0 N–H and O–H groups in total. The summed E-state index contributed by atoms with van der Waals surface area (Å²) in [5.74, 6) is -0.848. The summed E-state index contributed by atoms with van der Waals surface area (Å²) in [6, 6.07) is 0. The van der Waals surface area contributed by atoms with Crippen LogP contribution in [-0.2, 0) is 28.6 Å². The van der Waals surface area contributed by atoms with Crippen LogP contribution in [0.3, 0.4) is 0 Å². The predicted molar refractivity (Wildman–Crippen MR) is 289 cm³/mol. The third kappa shape index (κ3) is 55.0. The first kappa shape index (κ1) is 65.1. The third-order valence-electron chi connectivity index (χ3n) is 13.8. The molecular formula is C61H116O6. The van der Waals surface area contributed by atoms with E-state index in [1.165, 1.54) is 238 Å². The number of hydrogen-bond donors (Lipinski definition) is 0. The average molecular weight is 946 g/mol. The van der Waals surface area contributed by atoms with Crippen molar-refractivity contribution in [3.63, 3.8) is 0 Å². The van der Waals surface area contributed by atoms with Gasteiger partial charge in [-0.15, -0.1) is 0 Å². The van der Waals surface area contributed by atoms with Crippen LogP contribution in [0.5, 0.6) is 0 Å². The summed E-state index contributed by atoms with van der Waals surface area (Å²) in [6.45, 7) is 6.70. The molecule has 67 heavy (non-hydrogen) atoms. The zero-order valence-corrected chi connectivity index (χ0v) is 45.5. The van der Waals surface area contributed by atoms with Gasteiger partial charge in [0.15, 0.2) is 6.10 Å². The highest BCUT2D eigenvalue weighted by molar-refractivity contribution is 5.71. The predicted octanol–water partition coefficient (Wildman–Crippen LogP) is 20.1. The van der Waals surface area contributed by atoms with Gasteiger partial charge in [-0.05, 0) is 44.9 Å². The van der Waals surface area contributed by atoms with Gasteiger partial charge in [-0.1, -0.05) is 290 Å². The van der Waals surface area contributed by atoms with Crippen LogP contribution in [0.25, 0.3) is 0 Å². The van der Waals surface area contributed by atoms with E-state index in [1.807, 2.05) is 0 Å². The van der Waals surface area contributed by atoms with E-state index >= 15 is 0 Å². The lowest BCUT2D eigenvalue weighted by atomic mass is 10.0. The summed E-state index contributed by atoms with van der Waals surface area (Å²) in [5.41, 5.74) is 0. The Morgan fingerprint density at radius 1 is 0.284 bits per heavy atom. The van der Waals surface area contributed by atoms with E-state index in [2.05, 4.69) is 32.9 Å². The molecule has 1 atom stereocenters. The van der Waals surface area contributed by atoms with Gasteiger partial charge in [0.2, 0.25) is 0 Å². The van der Waals surface area contributed by atoms with Crippen LogP contribution < -0.4 is 0 Å². The van der Waals surface area contributed by atoms with E-state index < -0.39 is 6.10 Å². The number of rotatable bonds is 56. The first-order chi connectivity index (χ1) is 33.0. The summed E-state index contributed by atoms with van der Waals surface area (Å²) in [4.78, 5) is 38.2. The van der Waals surface area contributed by atoms with Crippen LogP contribution in [0.1, 0.15) is 342 Å². The lowest BCUT2D eigenvalue weighted by Crippen LogP contribution is -2.30. The molecule has 6 nitrogen and oxygen atoms in total. The van der Waals surface area contributed by atoms with Gasteiger partial charge < -0.3 is 14.2 Å². The van der Waals surface area contributed by atoms with Crippen molar-refractivity contribution < 1.29 is 28.6 Å². The van der Waals surface area contributed by atoms with Gasteiger partial charge in [0, 0.05) is 19.3 Å². The van der Waals surface area contributed by atoms with Crippen molar-refractivity contribution in [3.8, 4) is 0 Å². The van der Waals surface area contributed by atoms with Crippen LogP contribution in [-0.4, -0.2) is 37.2 Å². The highest BCUT2D eigenvalue weighted by Gasteiger charge is 2.19. The highest BCUT2D eigenvalue weighted by Crippen LogP contribution is 2.17. The molecule has 0 rings (SSSR count).